The van der Waals surface area contributed by atoms with Crippen molar-refractivity contribution in [2.45, 2.75) is 18.9 Å². The van der Waals surface area contributed by atoms with E-state index in [1.165, 1.54) is 18.2 Å². The molecule has 0 radical (unpaired) electrons. The second-order valence-corrected chi connectivity index (χ2v) is 7.69. The molecule has 28 heavy (non-hydrogen) atoms. The average molecular weight is 398 g/mol. The van der Waals surface area contributed by atoms with Gasteiger partial charge >= 0.3 is 6.03 Å². The summed E-state index contributed by atoms with van der Waals surface area (Å²) in [5, 5.41) is 5.61. The summed E-state index contributed by atoms with van der Waals surface area (Å²) < 4.78 is 14.7. The molecular formula is C20H19FN4O2S. The standard InChI is InChI=1S/C20H19FN4O2S/c21-13-6-1-2-7-14(13)23-20(27)24-18(26)12-25-11-5-9-16(25)19-22-15-8-3-4-10-17(15)28-19/h1-4,6-8,10,16H,5,9,11-12H2,(H2,23,24,26,27)/t16-/m1/s1. The zero-order valence-electron chi connectivity index (χ0n) is 15.0. The Balaban J connectivity index is 1.38. The van der Waals surface area contributed by atoms with Crippen LogP contribution in [0.4, 0.5) is 14.9 Å². The summed E-state index contributed by atoms with van der Waals surface area (Å²) in [4.78, 5) is 31.0. The van der Waals surface area contributed by atoms with Gasteiger partial charge in [0.2, 0.25) is 5.91 Å². The van der Waals surface area contributed by atoms with Crippen molar-refractivity contribution in [2.75, 3.05) is 18.4 Å². The van der Waals surface area contributed by atoms with Crippen molar-refractivity contribution in [3.63, 3.8) is 0 Å². The summed E-state index contributed by atoms with van der Waals surface area (Å²) in [6.07, 6.45) is 1.89. The molecule has 144 valence electrons. The molecule has 1 fully saturated rings. The van der Waals surface area contributed by atoms with E-state index >= 15 is 0 Å². The average Bonchev–Trinajstić information content (AvgIpc) is 3.29. The van der Waals surface area contributed by atoms with Crippen LogP contribution in [0.15, 0.2) is 48.5 Å². The molecular weight excluding hydrogens is 379 g/mol. The number of likely N-dealkylation sites (tertiary alicyclic amines) is 1. The zero-order valence-corrected chi connectivity index (χ0v) is 15.8. The third kappa shape index (κ3) is 4.02. The van der Waals surface area contributed by atoms with Gasteiger partial charge in [-0.25, -0.2) is 14.2 Å². The lowest BCUT2D eigenvalue weighted by molar-refractivity contribution is -0.121. The lowest BCUT2D eigenvalue weighted by atomic mass is 10.2. The number of carbonyl (C=O) groups is 2. The van der Waals surface area contributed by atoms with Crippen molar-refractivity contribution < 1.29 is 14.0 Å². The Morgan fingerprint density at radius 3 is 2.79 bits per heavy atom. The molecule has 2 N–H and O–H groups in total. The molecule has 4 rings (SSSR count). The molecule has 1 aromatic heterocycles. The van der Waals surface area contributed by atoms with E-state index in [4.69, 9.17) is 4.98 Å². The lowest BCUT2D eigenvalue weighted by Crippen LogP contribution is -2.41. The first-order chi connectivity index (χ1) is 13.6. The van der Waals surface area contributed by atoms with E-state index in [9.17, 15) is 14.0 Å². The Hall–Kier alpha value is -2.84. The second-order valence-electron chi connectivity index (χ2n) is 6.63. The second kappa shape index (κ2) is 8.04. The van der Waals surface area contributed by atoms with Crippen molar-refractivity contribution in [2.24, 2.45) is 0 Å². The van der Waals surface area contributed by atoms with E-state index in [2.05, 4.69) is 10.6 Å². The number of halogens is 1. The molecule has 0 unspecified atom stereocenters. The first-order valence-electron chi connectivity index (χ1n) is 9.05. The molecule has 3 aromatic rings. The molecule has 1 aliphatic heterocycles. The lowest BCUT2D eigenvalue weighted by Gasteiger charge is -2.21. The van der Waals surface area contributed by atoms with E-state index in [-0.39, 0.29) is 18.3 Å². The summed E-state index contributed by atoms with van der Waals surface area (Å²) in [6, 6.07) is 13.1. The monoisotopic (exact) mass is 398 g/mol. The molecule has 0 saturated carbocycles. The van der Waals surface area contributed by atoms with E-state index in [1.54, 1.807) is 17.4 Å². The van der Waals surface area contributed by atoms with Crippen LogP contribution >= 0.6 is 11.3 Å². The first kappa shape index (κ1) is 18.5. The highest BCUT2D eigenvalue weighted by Gasteiger charge is 2.30. The minimum atomic E-state index is -0.745. The van der Waals surface area contributed by atoms with Crippen molar-refractivity contribution in [1.29, 1.82) is 0 Å². The maximum atomic E-state index is 13.6. The smallest absolute Gasteiger partial charge is 0.305 e. The zero-order chi connectivity index (χ0) is 19.5. The number of rotatable bonds is 4. The minimum Gasteiger partial charge on any atom is -0.305 e. The molecule has 0 aliphatic carbocycles. The largest absolute Gasteiger partial charge is 0.326 e. The van der Waals surface area contributed by atoms with Gasteiger partial charge in [0, 0.05) is 0 Å². The fourth-order valence-corrected chi connectivity index (χ4v) is 4.53. The number of hydrogen-bond acceptors (Lipinski definition) is 5. The van der Waals surface area contributed by atoms with Gasteiger partial charge in [-0.15, -0.1) is 11.3 Å². The minimum absolute atomic E-state index is 0.0290. The molecule has 1 saturated heterocycles. The molecule has 0 bridgehead atoms. The number of imide groups is 1. The number of fused-ring (bicyclic) bond motifs is 1. The number of benzene rings is 2. The molecule has 1 aliphatic rings. The third-order valence-electron chi connectivity index (χ3n) is 4.68. The number of urea groups is 1. The highest BCUT2D eigenvalue weighted by atomic mass is 32.1. The van der Waals surface area contributed by atoms with Crippen molar-refractivity contribution in [1.82, 2.24) is 15.2 Å². The van der Waals surface area contributed by atoms with Crippen LogP contribution in [0, 0.1) is 5.82 Å². The maximum absolute atomic E-state index is 13.6. The van der Waals surface area contributed by atoms with Crippen molar-refractivity contribution in [3.05, 3.63) is 59.4 Å². The molecule has 2 heterocycles. The first-order valence-corrected chi connectivity index (χ1v) is 9.87. The Kier molecular flexibility index (Phi) is 5.31. The number of thiazole rings is 1. The summed E-state index contributed by atoms with van der Waals surface area (Å²) >= 11 is 1.64. The number of nitrogens with one attached hydrogen (secondary N) is 2. The molecule has 8 heteroatoms. The van der Waals surface area contributed by atoms with Gasteiger partial charge in [-0.1, -0.05) is 24.3 Å². The number of hydrogen-bond donors (Lipinski definition) is 2. The summed E-state index contributed by atoms with van der Waals surface area (Å²) in [5.74, 6) is -0.984. The van der Waals surface area contributed by atoms with E-state index in [0.29, 0.717) is 0 Å². The SMILES string of the molecule is O=C(CN1CCC[C@@H]1c1nc2ccccc2s1)NC(=O)Nc1ccccc1F. The van der Waals surface area contributed by atoms with Gasteiger partial charge in [-0.05, 0) is 43.7 Å². The van der Waals surface area contributed by atoms with Gasteiger partial charge in [-0.3, -0.25) is 15.0 Å². The van der Waals surface area contributed by atoms with Gasteiger partial charge in [0.15, 0.2) is 0 Å². The van der Waals surface area contributed by atoms with Gasteiger partial charge in [0.05, 0.1) is 28.5 Å². The normalized spacial score (nSPS) is 17.0. The van der Waals surface area contributed by atoms with Gasteiger partial charge in [0.25, 0.3) is 0 Å². The van der Waals surface area contributed by atoms with Crippen LogP contribution in [0.25, 0.3) is 10.2 Å². The van der Waals surface area contributed by atoms with Gasteiger partial charge in [-0.2, -0.15) is 0 Å². The van der Waals surface area contributed by atoms with E-state index in [1.807, 2.05) is 29.2 Å². The Morgan fingerprint density at radius 1 is 1.18 bits per heavy atom. The summed E-state index contributed by atoms with van der Waals surface area (Å²) in [5.41, 5.74) is 0.990. The Bertz CT molecular complexity index is 989. The maximum Gasteiger partial charge on any atom is 0.326 e. The van der Waals surface area contributed by atoms with E-state index in [0.717, 1.165) is 34.6 Å². The van der Waals surface area contributed by atoms with Crippen LogP contribution < -0.4 is 10.6 Å². The highest BCUT2D eigenvalue weighted by molar-refractivity contribution is 7.18. The van der Waals surface area contributed by atoms with Crippen LogP contribution in [0.3, 0.4) is 0 Å². The molecule has 1 atom stereocenters. The fraction of sp³-hybridized carbons (Fsp3) is 0.250. The van der Waals surface area contributed by atoms with Crippen molar-refractivity contribution in [3.8, 4) is 0 Å². The van der Waals surface area contributed by atoms with Crippen LogP contribution in [0.5, 0.6) is 0 Å². The molecule has 2 aromatic carbocycles. The Morgan fingerprint density at radius 2 is 1.96 bits per heavy atom. The molecule has 3 amide bonds. The molecule has 6 nitrogen and oxygen atoms in total. The number of para-hydroxylation sites is 2. The summed E-state index contributed by atoms with van der Waals surface area (Å²) in [7, 11) is 0. The number of amides is 3. The van der Waals surface area contributed by atoms with Crippen LogP contribution in [-0.2, 0) is 4.79 Å². The fourth-order valence-electron chi connectivity index (χ4n) is 3.39. The van der Waals surface area contributed by atoms with Crippen LogP contribution in [0.1, 0.15) is 23.9 Å². The van der Waals surface area contributed by atoms with Crippen molar-refractivity contribution >= 4 is 39.2 Å². The number of anilines is 1. The number of carbonyl (C=O) groups excluding carboxylic acids is 2. The van der Waals surface area contributed by atoms with Crippen LogP contribution in [0.2, 0.25) is 0 Å². The molecule has 0 spiro atoms. The number of aromatic nitrogens is 1. The summed E-state index contributed by atoms with van der Waals surface area (Å²) in [6.45, 7) is 0.855. The predicted octanol–water partition coefficient (Wildman–Crippen LogP) is 3.92. The quantitative estimate of drug-likeness (QED) is 0.699. The van der Waals surface area contributed by atoms with E-state index < -0.39 is 17.8 Å². The van der Waals surface area contributed by atoms with Gasteiger partial charge < -0.3 is 5.32 Å². The van der Waals surface area contributed by atoms with Gasteiger partial charge in [0.1, 0.15) is 10.8 Å². The Labute approximate surface area is 165 Å². The predicted molar refractivity (Wildman–Crippen MR) is 107 cm³/mol. The highest BCUT2D eigenvalue weighted by Crippen LogP contribution is 2.36. The topological polar surface area (TPSA) is 74.3 Å². The number of nitrogens with zero attached hydrogens (tertiary/aromatic N) is 2. The third-order valence-corrected chi connectivity index (χ3v) is 5.82. The van der Waals surface area contributed by atoms with Crippen LogP contribution in [-0.4, -0.2) is 34.9 Å².